The maximum atomic E-state index is 5.82. The van der Waals surface area contributed by atoms with Crippen LogP contribution in [0.5, 0.6) is 11.6 Å². The molecule has 2 heterocycles. The molecule has 0 bridgehead atoms. The van der Waals surface area contributed by atoms with Gasteiger partial charge >= 0.3 is 0 Å². The van der Waals surface area contributed by atoms with Crippen molar-refractivity contribution < 1.29 is 4.74 Å². The van der Waals surface area contributed by atoms with E-state index in [1.54, 1.807) is 6.20 Å². The van der Waals surface area contributed by atoms with Crippen LogP contribution in [0.4, 0.5) is 5.95 Å². The maximum Gasteiger partial charge on any atom is 0.235 e. The number of hydrogen-bond donors (Lipinski definition) is 2. The van der Waals surface area contributed by atoms with E-state index in [-0.39, 0.29) is 5.95 Å². The number of nitrogens with two attached hydrogens (primary N) is 1. The molecule has 3 aromatic rings. The van der Waals surface area contributed by atoms with Gasteiger partial charge in [-0.15, -0.1) is 0 Å². The molecular formula is C12H10BrN5O. The minimum Gasteiger partial charge on any atom is -0.438 e. The van der Waals surface area contributed by atoms with Crippen molar-refractivity contribution >= 4 is 32.9 Å². The Morgan fingerprint density at radius 2 is 2.16 bits per heavy atom. The standard InChI is InChI=1S/C12H10BrN5O/c1-6-2-3-7(13)4-9(6)19-11-8-5-15-18-10(8)16-12(14)17-11/h2-5H,1H3,(H3,14,15,16,17,18). The lowest BCUT2D eigenvalue weighted by atomic mass is 10.2. The first-order valence-corrected chi connectivity index (χ1v) is 6.33. The van der Waals surface area contributed by atoms with E-state index in [0.29, 0.717) is 22.7 Å². The summed E-state index contributed by atoms with van der Waals surface area (Å²) in [5.74, 6) is 1.23. The van der Waals surface area contributed by atoms with Gasteiger partial charge in [0.05, 0.1) is 6.20 Å². The van der Waals surface area contributed by atoms with E-state index in [9.17, 15) is 0 Å². The Balaban J connectivity index is 2.10. The number of halogens is 1. The summed E-state index contributed by atoms with van der Waals surface area (Å²) in [4.78, 5) is 8.15. The molecule has 2 aromatic heterocycles. The van der Waals surface area contributed by atoms with Gasteiger partial charge < -0.3 is 10.5 Å². The second-order valence-electron chi connectivity index (χ2n) is 4.03. The van der Waals surface area contributed by atoms with Crippen molar-refractivity contribution in [2.45, 2.75) is 6.92 Å². The fourth-order valence-corrected chi connectivity index (χ4v) is 2.03. The number of nitrogens with one attached hydrogen (secondary N) is 1. The minimum atomic E-state index is 0.138. The van der Waals surface area contributed by atoms with E-state index in [2.05, 4.69) is 36.1 Å². The van der Waals surface area contributed by atoms with Crippen LogP contribution in [0, 0.1) is 6.92 Å². The van der Waals surface area contributed by atoms with E-state index >= 15 is 0 Å². The number of H-pyrrole nitrogens is 1. The summed E-state index contributed by atoms with van der Waals surface area (Å²) in [7, 11) is 0. The summed E-state index contributed by atoms with van der Waals surface area (Å²) < 4.78 is 6.75. The monoisotopic (exact) mass is 319 g/mol. The molecular weight excluding hydrogens is 310 g/mol. The molecule has 96 valence electrons. The van der Waals surface area contributed by atoms with Gasteiger partial charge in [-0.25, -0.2) is 0 Å². The van der Waals surface area contributed by atoms with E-state index < -0.39 is 0 Å². The first-order valence-electron chi connectivity index (χ1n) is 5.54. The van der Waals surface area contributed by atoms with Crippen molar-refractivity contribution in [1.29, 1.82) is 0 Å². The van der Waals surface area contributed by atoms with Gasteiger partial charge in [0.15, 0.2) is 5.65 Å². The van der Waals surface area contributed by atoms with E-state index in [0.717, 1.165) is 10.0 Å². The van der Waals surface area contributed by atoms with E-state index in [4.69, 9.17) is 10.5 Å². The van der Waals surface area contributed by atoms with Gasteiger partial charge in [-0.05, 0) is 24.6 Å². The number of anilines is 1. The average molecular weight is 320 g/mol. The molecule has 0 aliphatic rings. The van der Waals surface area contributed by atoms with Crippen LogP contribution >= 0.6 is 15.9 Å². The van der Waals surface area contributed by atoms with Crippen molar-refractivity contribution in [2.24, 2.45) is 0 Å². The molecule has 1 aromatic carbocycles. The highest BCUT2D eigenvalue weighted by Gasteiger charge is 2.11. The SMILES string of the molecule is Cc1ccc(Br)cc1Oc1nc(N)nc2[nH]ncc12. The molecule has 6 nitrogen and oxygen atoms in total. The highest BCUT2D eigenvalue weighted by Crippen LogP contribution is 2.30. The minimum absolute atomic E-state index is 0.138. The Morgan fingerprint density at radius 1 is 1.32 bits per heavy atom. The van der Waals surface area contributed by atoms with Crippen molar-refractivity contribution in [3.63, 3.8) is 0 Å². The number of nitrogens with zero attached hydrogens (tertiary/aromatic N) is 3. The molecule has 0 atom stereocenters. The van der Waals surface area contributed by atoms with Crippen molar-refractivity contribution in [3.05, 3.63) is 34.4 Å². The number of ether oxygens (including phenoxy) is 1. The van der Waals surface area contributed by atoms with Crippen LogP contribution in [0.25, 0.3) is 11.0 Å². The van der Waals surface area contributed by atoms with Crippen molar-refractivity contribution in [1.82, 2.24) is 20.2 Å². The number of nitrogen functional groups attached to an aromatic ring is 1. The lowest BCUT2D eigenvalue weighted by Crippen LogP contribution is -1.98. The number of aryl methyl sites for hydroxylation is 1. The summed E-state index contributed by atoms with van der Waals surface area (Å²) in [6, 6.07) is 5.78. The molecule has 0 radical (unpaired) electrons. The van der Waals surface area contributed by atoms with E-state index in [1.807, 2.05) is 25.1 Å². The molecule has 3 rings (SSSR count). The van der Waals surface area contributed by atoms with Gasteiger partial charge in [0.25, 0.3) is 0 Å². The van der Waals surface area contributed by atoms with E-state index in [1.165, 1.54) is 0 Å². The zero-order chi connectivity index (χ0) is 13.4. The number of aromatic nitrogens is 4. The third-order valence-corrected chi connectivity index (χ3v) is 3.14. The van der Waals surface area contributed by atoms with Crippen LogP contribution in [-0.2, 0) is 0 Å². The number of rotatable bonds is 2. The zero-order valence-electron chi connectivity index (χ0n) is 10.0. The average Bonchev–Trinajstić information content (AvgIpc) is 2.82. The second-order valence-corrected chi connectivity index (χ2v) is 4.95. The third kappa shape index (κ3) is 2.24. The van der Waals surface area contributed by atoms with Gasteiger partial charge in [-0.2, -0.15) is 15.1 Å². The predicted octanol–water partition coefficient (Wildman–Crippen LogP) is 2.80. The quantitative estimate of drug-likeness (QED) is 0.758. The molecule has 0 fully saturated rings. The number of aromatic amines is 1. The summed E-state index contributed by atoms with van der Waals surface area (Å²) >= 11 is 3.41. The smallest absolute Gasteiger partial charge is 0.235 e. The molecule has 0 spiro atoms. The predicted molar refractivity (Wildman–Crippen MR) is 75.0 cm³/mol. The highest BCUT2D eigenvalue weighted by molar-refractivity contribution is 9.10. The Bertz CT molecular complexity index is 755. The summed E-state index contributed by atoms with van der Waals surface area (Å²) in [6.45, 7) is 1.96. The molecule has 0 amide bonds. The van der Waals surface area contributed by atoms with Gasteiger partial charge in [0.2, 0.25) is 11.8 Å². The van der Waals surface area contributed by atoms with Gasteiger partial charge in [0.1, 0.15) is 11.1 Å². The normalized spacial score (nSPS) is 10.8. The molecule has 19 heavy (non-hydrogen) atoms. The zero-order valence-corrected chi connectivity index (χ0v) is 11.6. The molecule has 0 saturated carbocycles. The second kappa shape index (κ2) is 4.51. The van der Waals surface area contributed by atoms with Crippen LogP contribution in [0.1, 0.15) is 5.56 Å². The van der Waals surface area contributed by atoms with Crippen molar-refractivity contribution in [2.75, 3.05) is 5.73 Å². The molecule has 3 N–H and O–H groups in total. The molecule has 0 aliphatic carbocycles. The largest absolute Gasteiger partial charge is 0.438 e. The van der Waals surface area contributed by atoms with Gasteiger partial charge in [0, 0.05) is 4.47 Å². The van der Waals surface area contributed by atoms with Crippen LogP contribution in [0.3, 0.4) is 0 Å². The number of hydrogen-bond acceptors (Lipinski definition) is 5. The van der Waals surface area contributed by atoms with Gasteiger partial charge in [-0.3, -0.25) is 5.10 Å². The Morgan fingerprint density at radius 3 is 3.00 bits per heavy atom. The summed E-state index contributed by atoms with van der Waals surface area (Å²) in [6.07, 6.45) is 1.61. The Labute approximate surface area is 117 Å². The van der Waals surface area contributed by atoms with Crippen LogP contribution in [0.2, 0.25) is 0 Å². The van der Waals surface area contributed by atoms with Crippen molar-refractivity contribution in [3.8, 4) is 11.6 Å². The third-order valence-electron chi connectivity index (χ3n) is 2.65. The Hall–Kier alpha value is -2.15. The first kappa shape index (κ1) is 11.9. The fourth-order valence-electron chi connectivity index (χ4n) is 1.69. The molecule has 7 heteroatoms. The maximum absolute atomic E-state index is 5.82. The molecule has 0 saturated heterocycles. The number of benzene rings is 1. The van der Waals surface area contributed by atoms with Crippen LogP contribution < -0.4 is 10.5 Å². The van der Waals surface area contributed by atoms with Crippen LogP contribution in [-0.4, -0.2) is 20.2 Å². The lowest BCUT2D eigenvalue weighted by Gasteiger charge is -2.09. The molecule has 0 aliphatic heterocycles. The number of fused-ring (bicyclic) bond motifs is 1. The topological polar surface area (TPSA) is 89.7 Å². The van der Waals surface area contributed by atoms with Crippen LogP contribution in [0.15, 0.2) is 28.9 Å². The Kier molecular flexibility index (Phi) is 2.83. The summed E-state index contributed by atoms with van der Waals surface area (Å²) in [5.41, 5.74) is 7.19. The first-order chi connectivity index (χ1) is 9.13. The van der Waals surface area contributed by atoms with Gasteiger partial charge in [-0.1, -0.05) is 22.0 Å². The summed E-state index contributed by atoms with van der Waals surface area (Å²) in [5, 5.41) is 7.34. The molecule has 0 unspecified atom stereocenters. The lowest BCUT2D eigenvalue weighted by molar-refractivity contribution is 0.465. The highest BCUT2D eigenvalue weighted by atomic mass is 79.9. The fraction of sp³-hybridized carbons (Fsp3) is 0.0833.